The van der Waals surface area contributed by atoms with Crippen LogP contribution in [-0.2, 0) is 9.63 Å². The van der Waals surface area contributed by atoms with Gasteiger partial charge in [0.2, 0.25) is 0 Å². The van der Waals surface area contributed by atoms with Crippen LogP contribution in [0.5, 0.6) is 0 Å². The van der Waals surface area contributed by atoms with Crippen LogP contribution in [0.3, 0.4) is 0 Å². The normalized spacial score (nSPS) is 9.88. The minimum atomic E-state index is -0.396. The second-order valence-corrected chi connectivity index (χ2v) is 4.07. The highest BCUT2D eigenvalue weighted by Crippen LogP contribution is 2.23. The SMILES string of the molecule is C=C(C)C(=O)ON(CC)c1cccc(C)c1C. The quantitative estimate of drug-likeness (QED) is 0.591. The van der Waals surface area contributed by atoms with E-state index in [1.165, 1.54) is 5.56 Å². The molecular weight excluding hydrogens is 214 g/mol. The van der Waals surface area contributed by atoms with Crippen LogP contribution in [0.15, 0.2) is 30.4 Å². The van der Waals surface area contributed by atoms with Crippen molar-refractivity contribution in [2.45, 2.75) is 27.7 Å². The molecule has 0 fully saturated rings. The van der Waals surface area contributed by atoms with Crippen LogP contribution in [0.25, 0.3) is 0 Å². The lowest BCUT2D eigenvalue weighted by Crippen LogP contribution is -2.27. The lowest BCUT2D eigenvalue weighted by molar-refractivity contribution is -0.140. The minimum Gasteiger partial charge on any atom is -0.336 e. The van der Waals surface area contributed by atoms with Crippen LogP contribution in [0.2, 0.25) is 0 Å². The summed E-state index contributed by atoms with van der Waals surface area (Å²) in [6, 6.07) is 5.93. The first-order valence-corrected chi connectivity index (χ1v) is 5.69. The molecule has 3 nitrogen and oxygen atoms in total. The van der Waals surface area contributed by atoms with E-state index < -0.39 is 5.97 Å². The fourth-order valence-corrected chi connectivity index (χ4v) is 1.47. The summed E-state index contributed by atoms with van der Waals surface area (Å²) in [6.45, 7) is 11.8. The molecule has 1 rings (SSSR count). The Morgan fingerprint density at radius 3 is 2.59 bits per heavy atom. The third-order valence-electron chi connectivity index (χ3n) is 2.67. The van der Waals surface area contributed by atoms with Crippen LogP contribution < -0.4 is 5.06 Å². The average molecular weight is 233 g/mol. The van der Waals surface area contributed by atoms with Crippen LogP contribution in [-0.4, -0.2) is 12.5 Å². The van der Waals surface area contributed by atoms with E-state index in [9.17, 15) is 4.79 Å². The first-order chi connectivity index (χ1) is 7.97. The standard InChI is InChI=1S/C14H19NO2/c1-6-15(17-14(16)10(2)3)13-9-7-8-11(4)12(13)5/h7-9H,2,6H2,1,3-5H3. The molecule has 0 radical (unpaired) electrons. The van der Waals surface area contributed by atoms with Crippen molar-refractivity contribution in [1.82, 2.24) is 0 Å². The number of hydrogen-bond donors (Lipinski definition) is 0. The van der Waals surface area contributed by atoms with Gasteiger partial charge in [-0.25, -0.2) is 9.86 Å². The monoisotopic (exact) mass is 233 g/mol. The summed E-state index contributed by atoms with van der Waals surface area (Å²) in [5.74, 6) is -0.396. The van der Waals surface area contributed by atoms with E-state index in [0.29, 0.717) is 12.1 Å². The Kier molecular flexibility index (Phi) is 4.32. The number of rotatable bonds is 4. The van der Waals surface area contributed by atoms with Gasteiger partial charge in [0.05, 0.1) is 12.2 Å². The Bertz CT molecular complexity index is 438. The van der Waals surface area contributed by atoms with Gasteiger partial charge in [-0.2, -0.15) is 0 Å². The van der Waals surface area contributed by atoms with Crippen LogP contribution in [0.4, 0.5) is 5.69 Å². The van der Waals surface area contributed by atoms with Crippen LogP contribution in [0, 0.1) is 13.8 Å². The molecule has 0 bridgehead atoms. The first-order valence-electron chi connectivity index (χ1n) is 5.69. The van der Waals surface area contributed by atoms with E-state index in [1.54, 1.807) is 12.0 Å². The van der Waals surface area contributed by atoms with E-state index in [-0.39, 0.29) is 0 Å². The second kappa shape index (κ2) is 5.53. The van der Waals surface area contributed by atoms with E-state index in [2.05, 4.69) is 6.58 Å². The van der Waals surface area contributed by atoms with Crippen LogP contribution >= 0.6 is 0 Å². The fourth-order valence-electron chi connectivity index (χ4n) is 1.47. The Morgan fingerprint density at radius 1 is 1.41 bits per heavy atom. The topological polar surface area (TPSA) is 29.5 Å². The van der Waals surface area contributed by atoms with Crippen LogP contribution in [0.1, 0.15) is 25.0 Å². The molecule has 0 aliphatic rings. The highest BCUT2D eigenvalue weighted by atomic mass is 16.7. The zero-order valence-electron chi connectivity index (χ0n) is 10.9. The van der Waals surface area contributed by atoms with E-state index in [0.717, 1.165) is 11.3 Å². The number of benzene rings is 1. The molecular formula is C14H19NO2. The van der Waals surface area contributed by atoms with Crippen molar-refractivity contribution in [1.29, 1.82) is 0 Å². The van der Waals surface area contributed by atoms with Crippen molar-refractivity contribution in [3.63, 3.8) is 0 Å². The Morgan fingerprint density at radius 2 is 2.06 bits per heavy atom. The summed E-state index contributed by atoms with van der Waals surface area (Å²) in [5.41, 5.74) is 3.60. The molecule has 0 unspecified atom stereocenters. The second-order valence-electron chi connectivity index (χ2n) is 4.07. The summed E-state index contributed by atoms with van der Waals surface area (Å²) in [6.07, 6.45) is 0. The van der Waals surface area contributed by atoms with Gasteiger partial charge in [0.15, 0.2) is 0 Å². The highest BCUT2D eigenvalue weighted by Gasteiger charge is 2.14. The van der Waals surface area contributed by atoms with Gasteiger partial charge < -0.3 is 4.84 Å². The number of hydrogen-bond acceptors (Lipinski definition) is 3. The molecule has 3 heteroatoms. The van der Waals surface area contributed by atoms with Gasteiger partial charge in [0.1, 0.15) is 0 Å². The smallest absolute Gasteiger partial charge is 0.336 e. The molecule has 1 aromatic rings. The Labute approximate surface area is 103 Å². The molecule has 0 atom stereocenters. The van der Waals surface area contributed by atoms with Crippen molar-refractivity contribution >= 4 is 11.7 Å². The predicted octanol–water partition coefficient (Wildman–Crippen LogP) is 3.16. The number of aryl methyl sites for hydroxylation is 1. The maximum Gasteiger partial charge on any atom is 0.358 e. The predicted molar refractivity (Wildman–Crippen MR) is 69.8 cm³/mol. The van der Waals surface area contributed by atoms with Crippen molar-refractivity contribution in [2.24, 2.45) is 0 Å². The molecule has 0 saturated carbocycles. The molecule has 1 aromatic carbocycles. The zero-order chi connectivity index (χ0) is 13.0. The van der Waals surface area contributed by atoms with Gasteiger partial charge in [-0.05, 0) is 44.9 Å². The number of hydroxylamine groups is 1. The largest absolute Gasteiger partial charge is 0.358 e. The minimum absolute atomic E-state index is 0.396. The molecule has 0 saturated heterocycles. The van der Waals surface area contributed by atoms with Gasteiger partial charge in [0.25, 0.3) is 0 Å². The molecule has 0 N–H and O–H groups in total. The fraction of sp³-hybridized carbons (Fsp3) is 0.357. The first kappa shape index (κ1) is 13.3. The lowest BCUT2D eigenvalue weighted by atomic mass is 10.1. The third-order valence-corrected chi connectivity index (χ3v) is 2.67. The van der Waals surface area contributed by atoms with Gasteiger partial charge >= 0.3 is 5.97 Å². The molecule has 0 aromatic heterocycles. The summed E-state index contributed by atoms with van der Waals surface area (Å²) >= 11 is 0. The average Bonchev–Trinajstić information content (AvgIpc) is 2.29. The maximum absolute atomic E-state index is 11.5. The Hall–Kier alpha value is -1.77. The highest BCUT2D eigenvalue weighted by molar-refractivity contribution is 5.87. The maximum atomic E-state index is 11.5. The molecule has 92 valence electrons. The Balaban J connectivity index is 2.98. The lowest BCUT2D eigenvalue weighted by Gasteiger charge is -2.23. The summed E-state index contributed by atoms with van der Waals surface area (Å²) in [4.78, 5) is 16.8. The van der Waals surface area contributed by atoms with Crippen molar-refractivity contribution in [3.8, 4) is 0 Å². The molecule has 17 heavy (non-hydrogen) atoms. The molecule has 0 aliphatic heterocycles. The summed E-state index contributed by atoms with van der Waals surface area (Å²) < 4.78 is 0. The van der Waals surface area contributed by atoms with Gasteiger partial charge in [-0.15, -0.1) is 0 Å². The molecule has 0 aliphatic carbocycles. The molecule has 0 heterocycles. The van der Waals surface area contributed by atoms with E-state index in [4.69, 9.17) is 4.84 Å². The number of anilines is 1. The number of nitrogens with zero attached hydrogens (tertiary/aromatic N) is 1. The summed E-state index contributed by atoms with van der Waals surface area (Å²) in [7, 11) is 0. The van der Waals surface area contributed by atoms with Gasteiger partial charge in [0, 0.05) is 5.57 Å². The molecule has 0 amide bonds. The third kappa shape index (κ3) is 3.09. The van der Waals surface area contributed by atoms with Gasteiger partial charge in [-0.3, -0.25) is 0 Å². The van der Waals surface area contributed by atoms with Crippen molar-refractivity contribution in [3.05, 3.63) is 41.5 Å². The molecule has 0 spiro atoms. The van der Waals surface area contributed by atoms with E-state index in [1.807, 2.05) is 39.0 Å². The van der Waals surface area contributed by atoms with Gasteiger partial charge in [-0.1, -0.05) is 18.7 Å². The number of carbonyl (C=O) groups is 1. The zero-order valence-corrected chi connectivity index (χ0v) is 10.9. The summed E-state index contributed by atoms with van der Waals surface area (Å²) in [5, 5.41) is 1.60. The van der Waals surface area contributed by atoms with E-state index >= 15 is 0 Å². The number of carbonyl (C=O) groups excluding carboxylic acids is 1. The van der Waals surface area contributed by atoms with Crippen molar-refractivity contribution in [2.75, 3.05) is 11.6 Å². The van der Waals surface area contributed by atoms with Crippen molar-refractivity contribution < 1.29 is 9.63 Å².